The third-order valence-electron chi connectivity index (χ3n) is 6.18. The lowest BCUT2D eigenvalue weighted by molar-refractivity contribution is -0.119. The van der Waals surface area contributed by atoms with E-state index in [9.17, 15) is 14.0 Å². The molecule has 2 aromatic heterocycles. The zero-order valence-corrected chi connectivity index (χ0v) is 19.1. The summed E-state index contributed by atoms with van der Waals surface area (Å²) >= 11 is 0. The van der Waals surface area contributed by atoms with Gasteiger partial charge in [0.15, 0.2) is 17.4 Å². The maximum absolute atomic E-state index is 13.0. The lowest BCUT2D eigenvalue weighted by Gasteiger charge is -2.27. The predicted molar refractivity (Wildman–Crippen MR) is 129 cm³/mol. The van der Waals surface area contributed by atoms with Gasteiger partial charge >= 0.3 is 0 Å². The first-order valence-corrected chi connectivity index (χ1v) is 11.0. The van der Waals surface area contributed by atoms with Crippen LogP contribution in [0.2, 0.25) is 0 Å². The van der Waals surface area contributed by atoms with Gasteiger partial charge in [-0.1, -0.05) is 18.2 Å². The average Bonchev–Trinajstić information content (AvgIpc) is 3.12. The van der Waals surface area contributed by atoms with Crippen LogP contribution in [-0.4, -0.2) is 33.9 Å². The van der Waals surface area contributed by atoms with E-state index in [1.165, 1.54) is 0 Å². The molecule has 0 unspecified atom stereocenters. The zero-order valence-electron chi connectivity index (χ0n) is 19.1. The van der Waals surface area contributed by atoms with Crippen LogP contribution in [0.25, 0.3) is 11.0 Å². The summed E-state index contributed by atoms with van der Waals surface area (Å²) in [5, 5.41) is 9.73. The average molecular weight is 467 g/mol. The number of carbonyl (C=O) groups is 1. The molecule has 178 valence electrons. The number of halogens is 1. The van der Waals surface area contributed by atoms with E-state index in [1.807, 2.05) is 32.0 Å². The van der Waals surface area contributed by atoms with Gasteiger partial charge in [0.25, 0.3) is 11.5 Å². The Labute approximate surface area is 195 Å². The molecular formula is C24H27FN6O3. The van der Waals surface area contributed by atoms with Gasteiger partial charge in [-0.3, -0.25) is 14.6 Å². The second-order valence-electron chi connectivity index (χ2n) is 8.64. The second kappa shape index (κ2) is 9.12. The lowest BCUT2D eigenvalue weighted by atomic mass is 9.91. The number of rotatable bonds is 5. The summed E-state index contributed by atoms with van der Waals surface area (Å²) in [4.78, 5) is 28.8. The fraction of sp³-hybridized carbons (Fsp3) is 0.333. The number of H-pyrrole nitrogens is 1. The van der Waals surface area contributed by atoms with Crippen molar-refractivity contribution >= 4 is 34.1 Å². The molecule has 0 saturated heterocycles. The summed E-state index contributed by atoms with van der Waals surface area (Å²) in [6, 6.07) is 5.54. The molecule has 3 aromatic rings. The number of nitrogen functional groups attached to an aromatic ring is 2. The highest BCUT2D eigenvalue weighted by atomic mass is 19.1. The number of anilines is 2. The number of hydrogen-bond donors (Lipinski definition) is 4. The Morgan fingerprint density at radius 1 is 1.26 bits per heavy atom. The van der Waals surface area contributed by atoms with Crippen molar-refractivity contribution < 1.29 is 13.6 Å². The van der Waals surface area contributed by atoms with Crippen LogP contribution in [0.3, 0.4) is 0 Å². The van der Waals surface area contributed by atoms with Gasteiger partial charge < -0.3 is 21.2 Å². The SMILES string of the molecule is C=C(F)C(=O)NC1CCC(N=C(c2oc3ccc(C)cc3c2C)c2c(N)n[nH]c(=O)c2N)CC1. The highest BCUT2D eigenvalue weighted by molar-refractivity contribution is 6.18. The quantitative estimate of drug-likeness (QED) is 0.335. The molecule has 1 amide bonds. The summed E-state index contributed by atoms with van der Waals surface area (Å²) < 4.78 is 19.2. The number of nitrogens with two attached hydrogens (primary N) is 2. The Morgan fingerprint density at radius 3 is 2.65 bits per heavy atom. The number of fused-ring (bicyclic) bond motifs is 1. The van der Waals surface area contributed by atoms with Gasteiger partial charge in [0.1, 0.15) is 17.0 Å². The fourth-order valence-corrected chi connectivity index (χ4v) is 4.32. The third-order valence-corrected chi connectivity index (χ3v) is 6.18. The van der Waals surface area contributed by atoms with Gasteiger partial charge in [-0.05, 0) is 51.7 Å². The minimum atomic E-state index is -1.01. The topological polar surface area (TPSA) is 152 Å². The van der Waals surface area contributed by atoms with E-state index >= 15 is 0 Å². The van der Waals surface area contributed by atoms with Crippen LogP contribution in [0.4, 0.5) is 15.9 Å². The van der Waals surface area contributed by atoms with Crippen LogP contribution >= 0.6 is 0 Å². The number of nitrogens with zero attached hydrogens (tertiary/aromatic N) is 2. The number of aliphatic imine (C=N–C) groups is 1. The van der Waals surface area contributed by atoms with Crippen LogP contribution in [0.5, 0.6) is 0 Å². The highest BCUT2D eigenvalue weighted by Crippen LogP contribution is 2.32. The van der Waals surface area contributed by atoms with Gasteiger partial charge in [-0.25, -0.2) is 9.49 Å². The summed E-state index contributed by atoms with van der Waals surface area (Å²) in [5.41, 5.74) is 14.8. The molecule has 1 saturated carbocycles. The minimum absolute atomic E-state index is 0.0364. The third kappa shape index (κ3) is 4.43. The van der Waals surface area contributed by atoms with E-state index in [0.717, 1.165) is 16.5 Å². The molecule has 34 heavy (non-hydrogen) atoms. The molecule has 6 N–H and O–H groups in total. The summed E-state index contributed by atoms with van der Waals surface area (Å²) in [6.45, 7) is 6.94. The van der Waals surface area contributed by atoms with Crippen LogP contribution in [0.1, 0.15) is 48.1 Å². The van der Waals surface area contributed by atoms with Gasteiger partial charge in [0.2, 0.25) is 0 Å². The summed E-state index contributed by atoms with van der Waals surface area (Å²) in [6.07, 6.45) is 2.47. The van der Waals surface area contributed by atoms with E-state index in [-0.39, 0.29) is 29.2 Å². The van der Waals surface area contributed by atoms with Crippen molar-refractivity contribution in [2.75, 3.05) is 11.5 Å². The summed E-state index contributed by atoms with van der Waals surface area (Å²) in [5.74, 6) is -1.30. The first-order chi connectivity index (χ1) is 16.2. The van der Waals surface area contributed by atoms with Crippen LogP contribution in [-0.2, 0) is 4.79 Å². The van der Waals surface area contributed by atoms with E-state index in [0.29, 0.717) is 42.7 Å². The molecule has 10 heteroatoms. The monoisotopic (exact) mass is 466 g/mol. The molecule has 0 radical (unpaired) electrons. The standard InChI is InChI=1S/C24H27FN6O3/c1-11-4-9-17-16(10-11)12(2)21(34-17)20(18-19(26)24(33)31-30-22(18)27)28-14-5-7-15(8-6-14)29-23(32)13(3)25/h4,9-10,14-15H,3,5-8H2,1-2H3,(H,29,32)(H,31,33)(H4,26,27,30). The number of aryl methyl sites for hydroxylation is 2. The van der Waals surface area contributed by atoms with Gasteiger partial charge in [-0.15, -0.1) is 0 Å². The Morgan fingerprint density at radius 2 is 1.97 bits per heavy atom. The second-order valence-corrected chi connectivity index (χ2v) is 8.64. The van der Waals surface area contributed by atoms with Crippen LogP contribution in [0, 0.1) is 13.8 Å². The molecule has 1 aliphatic carbocycles. The highest BCUT2D eigenvalue weighted by Gasteiger charge is 2.28. The number of carbonyl (C=O) groups excluding carboxylic acids is 1. The van der Waals surface area contributed by atoms with E-state index in [2.05, 4.69) is 22.1 Å². The van der Waals surface area contributed by atoms with Crippen LogP contribution < -0.4 is 22.3 Å². The number of aromatic amines is 1. The van der Waals surface area contributed by atoms with Crippen molar-refractivity contribution in [1.29, 1.82) is 0 Å². The number of furan rings is 1. The largest absolute Gasteiger partial charge is 0.454 e. The zero-order chi connectivity index (χ0) is 24.6. The predicted octanol–water partition coefficient (Wildman–Crippen LogP) is 3.05. The molecule has 9 nitrogen and oxygen atoms in total. The Balaban J connectivity index is 1.75. The maximum atomic E-state index is 13.0. The molecule has 2 heterocycles. The minimum Gasteiger partial charge on any atom is -0.454 e. The number of hydrogen-bond acceptors (Lipinski definition) is 7. The smallest absolute Gasteiger partial charge is 0.288 e. The number of benzene rings is 1. The first-order valence-electron chi connectivity index (χ1n) is 11.0. The molecule has 4 rings (SSSR count). The molecule has 0 atom stereocenters. The molecule has 1 fully saturated rings. The van der Waals surface area contributed by atoms with Gasteiger partial charge in [0.05, 0.1) is 11.6 Å². The van der Waals surface area contributed by atoms with E-state index < -0.39 is 17.3 Å². The maximum Gasteiger partial charge on any atom is 0.288 e. The lowest BCUT2D eigenvalue weighted by Crippen LogP contribution is -2.38. The summed E-state index contributed by atoms with van der Waals surface area (Å²) in [7, 11) is 0. The van der Waals surface area contributed by atoms with Crippen molar-refractivity contribution in [1.82, 2.24) is 15.5 Å². The molecular weight excluding hydrogens is 439 g/mol. The Bertz CT molecular complexity index is 1370. The van der Waals surface area contributed by atoms with Crippen molar-refractivity contribution in [3.8, 4) is 0 Å². The van der Waals surface area contributed by atoms with Gasteiger partial charge in [-0.2, -0.15) is 5.10 Å². The number of nitrogens with one attached hydrogen (secondary N) is 2. The number of amides is 1. The van der Waals surface area contributed by atoms with Crippen molar-refractivity contribution in [2.45, 2.75) is 51.6 Å². The van der Waals surface area contributed by atoms with Crippen molar-refractivity contribution in [3.05, 3.63) is 63.4 Å². The number of aromatic nitrogens is 2. The molecule has 0 bridgehead atoms. The van der Waals surface area contributed by atoms with Crippen molar-refractivity contribution in [2.24, 2.45) is 4.99 Å². The van der Waals surface area contributed by atoms with Crippen molar-refractivity contribution in [3.63, 3.8) is 0 Å². The Hall–Kier alpha value is -3.95. The molecule has 0 spiro atoms. The first kappa shape index (κ1) is 23.2. The molecule has 0 aliphatic heterocycles. The van der Waals surface area contributed by atoms with E-state index in [1.54, 1.807) is 0 Å². The molecule has 1 aliphatic rings. The fourth-order valence-electron chi connectivity index (χ4n) is 4.32. The van der Waals surface area contributed by atoms with E-state index in [4.69, 9.17) is 20.9 Å². The molecule has 1 aromatic carbocycles. The Kier molecular flexibility index (Phi) is 6.23. The normalized spacial score (nSPS) is 18.7. The van der Waals surface area contributed by atoms with Gasteiger partial charge in [0, 0.05) is 17.0 Å². The van der Waals surface area contributed by atoms with Crippen LogP contribution in [0.15, 0.2) is 44.8 Å².